The van der Waals surface area contributed by atoms with E-state index in [1.54, 1.807) is 11.0 Å². The van der Waals surface area contributed by atoms with E-state index in [0.717, 1.165) is 11.1 Å². The summed E-state index contributed by atoms with van der Waals surface area (Å²) in [5.74, 6) is -0.389. The number of para-hydroxylation sites is 1. The number of hydrogen-bond donors (Lipinski definition) is 3. The van der Waals surface area contributed by atoms with Crippen molar-refractivity contribution < 1.29 is 24.5 Å². The van der Waals surface area contributed by atoms with Crippen molar-refractivity contribution in [3.05, 3.63) is 77.4 Å². The highest BCUT2D eigenvalue weighted by Crippen LogP contribution is 2.47. The van der Waals surface area contributed by atoms with Gasteiger partial charge in [0.25, 0.3) is 0 Å². The molecular formula is C24H26N2O5. The van der Waals surface area contributed by atoms with Crippen LogP contribution >= 0.6 is 0 Å². The van der Waals surface area contributed by atoms with Crippen molar-refractivity contribution in [3.63, 3.8) is 0 Å². The first-order valence-corrected chi connectivity index (χ1v) is 10.4. The van der Waals surface area contributed by atoms with Crippen molar-refractivity contribution in [1.29, 1.82) is 0 Å². The lowest BCUT2D eigenvalue weighted by atomic mass is 9.77. The standard InChI is InChI=1S/C24H26N2O5/c1-15(28)26(14-16-7-3-2-4-8-16)19-13-18(24(30)25-11-12-27)21-17-9-5-6-10-20(17)31-23(21)22(19)29/h2-10,13,19,21-23,27,29H,11-12,14H2,1H3,(H,25,30). The molecule has 0 saturated carbocycles. The number of nitrogens with one attached hydrogen (secondary N) is 1. The van der Waals surface area contributed by atoms with Crippen LogP contribution in [0.15, 0.2) is 66.2 Å². The molecule has 162 valence electrons. The van der Waals surface area contributed by atoms with Crippen LogP contribution in [0.4, 0.5) is 0 Å². The Hall–Kier alpha value is -3.16. The van der Waals surface area contributed by atoms with E-state index in [-0.39, 0.29) is 25.0 Å². The third-order valence-electron chi connectivity index (χ3n) is 5.84. The molecule has 1 heterocycles. The Labute approximate surface area is 181 Å². The van der Waals surface area contributed by atoms with Crippen LogP contribution in [-0.4, -0.2) is 58.3 Å². The molecule has 3 N–H and O–H groups in total. The van der Waals surface area contributed by atoms with Gasteiger partial charge in [-0.3, -0.25) is 9.59 Å². The minimum Gasteiger partial charge on any atom is -0.486 e. The van der Waals surface area contributed by atoms with Crippen LogP contribution in [0, 0.1) is 0 Å². The third-order valence-corrected chi connectivity index (χ3v) is 5.84. The molecular weight excluding hydrogens is 396 g/mol. The average molecular weight is 422 g/mol. The molecule has 1 aliphatic carbocycles. The molecule has 0 aromatic heterocycles. The molecule has 7 heteroatoms. The lowest BCUT2D eigenvalue weighted by Crippen LogP contribution is -2.55. The number of carbonyl (C=O) groups excluding carboxylic acids is 2. The number of rotatable bonds is 6. The first-order valence-electron chi connectivity index (χ1n) is 10.4. The van der Waals surface area contributed by atoms with Crippen LogP contribution in [0.25, 0.3) is 0 Å². The van der Waals surface area contributed by atoms with Gasteiger partial charge in [0.05, 0.1) is 18.6 Å². The second-order valence-corrected chi connectivity index (χ2v) is 7.81. The van der Waals surface area contributed by atoms with Gasteiger partial charge < -0.3 is 25.2 Å². The molecule has 2 aromatic carbocycles. The van der Waals surface area contributed by atoms with Gasteiger partial charge in [0.2, 0.25) is 11.8 Å². The van der Waals surface area contributed by atoms with Crippen LogP contribution in [0.5, 0.6) is 5.75 Å². The van der Waals surface area contributed by atoms with E-state index >= 15 is 0 Å². The van der Waals surface area contributed by atoms with Crippen molar-refractivity contribution in [1.82, 2.24) is 10.2 Å². The van der Waals surface area contributed by atoms with Gasteiger partial charge in [-0.05, 0) is 17.7 Å². The quantitative estimate of drug-likeness (QED) is 0.653. The van der Waals surface area contributed by atoms with Crippen molar-refractivity contribution >= 4 is 11.8 Å². The Bertz CT molecular complexity index is 990. The maximum absolute atomic E-state index is 13.0. The topological polar surface area (TPSA) is 99.1 Å². The maximum atomic E-state index is 13.0. The zero-order valence-corrected chi connectivity index (χ0v) is 17.3. The monoisotopic (exact) mass is 422 g/mol. The fourth-order valence-electron chi connectivity index (χ4n) is 4.40. The van der Waals surface area contributed by atoms with E-state index in [0.29, 0.717) is 17.9 Å². The van der Waals surface area contributed by atoms with E-state index < -0.39 is 24.2 Å². The summed E-state index contributed by atoms with van der Waals surface area (Å²) in [7, 11) is 0. The summed E-state index contributed by atoms with van der Waals surface area (Å²) in [6, 6.07) is 16.2. The second kappa shape index (κ2) is 8.91. The van der Waals surface area contributed by atoms with Gasteiger partial charge in [0, 0.05) is 31.1 Å². The van der Waals surface area contributed by atoms with E-state index in [2.05, 4.69) is 5.32 Å². The van der Waals surface area contributed by atoms with Crippen molar-refractivity contribution in [3.8, 4) is 5.75 Å². The number of fused-ring (bicyclic) bond motifs is 3. The molecule has 2 amide bonds. The van der Waals surface area contributed by atoms with Gasteiger partial charge in [0.1, 0.15) is 18.0 Å². The fourth-order valence-corrected chi connectivity index (χ4v) is 4.40. The van der Waals surface area contributed by atoms with E-state index in [9.17, 15) is 14.7 Å². The molecule has 4 atom stereocenters. The molecule has 7 nitrogen and oxygen atoms in total. The molecule has 4 unspecified atom stereocenters. The molecule has 0 bridgehead atoms. The largest absolute Gasteiger partial charge is 0.486 e. The molecule has 31 heavy (non-hydrogen) atoms. The summed E-state index contributed by atoms with van der Waals surface area (Å²) in [6.45, 7) is 1.68. The van der Waals surface area contributed by atoms with Crippen LogP contribution in [0.3, 0.4) is 0 Å². The Morgan fingerprint density at radius 3 is 2.52 bits per heavy atom. The number of carbonyl (C=O) groups is 2. The van der Waals surface area contributed by atoms with Crippen molar-refractivity contribution in [2.45, 2.75) is 37.6 Å². The minimum absolute atomic E-state index is 0.115. The summed E-state index contributed by atoms with van der Waals surface area (Å²) in [4.78, 5) is 27.1. The Morgan fingerprint density at radius 1 is 1.10 bits per heavy atom. The third kappa shape index (κ3) is 4.06. The molecule has 0 saturated heterocycles. The zero-order valence-electron chi connectivity index (χ0n) is 17.3. The number of aliphatic hydroxyl groups is 2. The second-order valence-electron chi connectivity index (χ2n) is 7.81. The predicted molar refractivity (Wildman–Crippen MR) is 114 cm³/mol. The zero-order chi connectivity index (χ0) is 22.0. The van der Waals surface area contributed by atoms with E-state index in [4.69, 9.17) is 9.84 Å². The SMILES string of the molecule is CC(=O)N(Cc1ccccc1)C1C=C(C(=O)NCCO)C2c3ccccc3OC2C1O. The highest BCUT2D eigenvalue weighted by molar-refractivity contribution is 5.96. The molecule has 0 radical (unpaired) electrons. The molecule has 2 aromatic rings. The van der Waals surface area contributed by atoms with Crippen LogP contribution < -0.4 is 10.1 Å². The number of nitrogens with zero attached hydrogens (tertiary/aromatic N) is 1. The smallest absolute Gasteiger partial charge is 0.247 e. The molecule has 4 rings (SSSR count). The molecule has 1 aliphatic heterocycles. The van der Waals surface area contributed by atoms with Crippen molar-refractivity contribution in [2.24, 2.45) is 0 Å². The lowest BCUT2D eigenvalue weighted by molar-refractivity contribution is -0.135. The summed E-state index contributed by atoms with van der Waals surface area (Å²) >= 11 is 0. The van der Waals surface area contributed by atoms with Crippen LogP contribution in [-0.2, 0) is 16.1 Å². The first kappa shape index (κ1) is 21.1. The summed E-state index contributed by atoms with van der Waals surface area (Å²) in [5.41, 5.74) is 2.17. The number of aliphatic hydroxyl groups excluding tert-OH is 2. The van der Waals surface area contributed by atoms with Gasteiger partial charge in [-0.25, -0.2) is 0 Å². The molecule has 0 fully saturated rings. The normalized spacial score (nSPS) is 23.8. The Morgan fingerprint density at radius 2 is 1.81 bits per heavy atom. The number of hydrogen-bond acceptors (Lipinski definition) is 5. The summed E-state index contributed by atoms with van der Waals surface area (Å²) < 4.78 is 6.06. The van der Waals surface area contributed by atoms with Crippen LogP contribution in [0.2, 0.25) is 0 Å². The maximum Gasteiger partial charge on any atom is 0.247 e. The van der Waals surface area contributed by atoms with Crippen molar-refractivity contribution in [2.75, 3.05) is 13.2 Å². The summed E-state index contributed by atoms with van der Waals surface area (Å²) in [6.07, 6.45) is -0.0340. The fraction of sp³-hybridized carbons (Fsp3) is 0.333. The highest BCUT2D eigenvalue weighted by atomic mass is 16.5. The average Bonchev–Trinajstić information content (AvgIpc) is 3.17. The Kier molecular flexibility index (Phi) is 6.06. The highest BCUT2D eigenvalue weighted by Gasteiger charge is 2.50. The predicted octanol–water partition coefficient (Wildman–Crippen LogP) is 1.36. The number of amides is 2. The molecule has 0 spiro atoms. The van der Waals surface area contributed by atoms with Gasteiger partial charge in [-0.1, -0.05) is 48.5 Å². The van der Waals surface area contributed by atoms with Gasteiger partial charge in [-0.15, -0.1) is 0 Å². The minimum atomic E-state index is -1.01. The molecule has 2 aliphatic rings. The Balaban J connectivity index is 1.73. The summed E-state index contributed by atoms with van der Waals surface area (Å²) in [5, 5.41) is 23.1. The van der Waals surface area contributed by atoms with Gasteiger partial charge in [-0.2, -0.15) is 0 Å². The van der Waals surface area contributed by atoms with Gasteiger partial charge in [0.15, 0.2) is 0 Å². The van der Waals surface area contributed by atoms with Gasteiger partial charge >= 0.3 is 0 Å². The number of ether oxygens (including phenoxy) is 1. The first-order chi connectivity index (χ1) is 15.0. The van der Waals surface area contributed by atoms with E-state index in [1.165, 1.54) is 6.92 Å². The number of benzene rings is 2. The van der Waals surface area contributed by atoms with E-state index in [1.807, 2.05) is 54.6 Å². The van der Waals surface area contributed by atoms with Crippen LogP contribution in [0.1, 0.15) is 24.0 Å². The lowest BCUT2D eigenvalue weighted by Gasteiger charge is -2.40.